The summed E-state index contributed by atoms with van der Waals surface area (Å²) in [6, 6.07) is 2.56. The quantitative estimate of drug-likeness (QED) is 0.768. The molecule has 1 aromatic rings. The zero-order chi connectivity index (χ0) is 13.6. The Morgan fingerprint density at radius 3 is 2.44 bits per heavy atom. The molecule has 0 aromatic carbocycles. The van der Waals surface area contributed by atoms with Crippen molar-refractivity contribution in [1.82, 2.24) is 5.32 Å². The van der Waals surface area contributed by atoms with Crippen LogP contribution < -0.4 is 5.32 Å². The van der Waals surface area contributed by atoms with Gasteiger partial charge in [0, 0.05) is 27.4 Å². The highest BCUT2D eigenvalue weighted by molar-refractivity contribution is 9.10. The fraction of sp³-hybridized carbons (Fsp3) is 0.714. The third-order valence-corrected chi connectivity index (χ3v) is 5.36. The van der Waals surface area contributed by atoms with Crippen molar-refractivity contribution in [3.8, 4) is 0 Å². The predicted octanol–water partition coefficient (Wildman–Crippen LogP) is 4.24. The van der Waals surface area contributed by atoms with Gasteiger partial charge in [-0.05, 0) is 55.2 Å². The molecule has 0 aliphatic carbocycles. The highest BCUT2D eigenvalue weighted by Crippen LogP contribution is 2.29. The van der Waals surface area contributed by atoms with Gasteiger partial charge < -0.3 is 10.1 Å². The number of likely N-dealkylation sites (N-methyl/N-ethyl adjacent to an activating group) is 1. The maximum atomic E-state index is 6.09. The Kier molecular flexibility index (Phi) is 6.85. The molecule has 4 heteroatoms. The summed E-state index contributed by atoms with van der Waals surface area (Å²) in [6.07, 6.45) is 3.10. The minimum Gasteiger partial charge on any atom is -0.374 e. The Bertz CT molecular complexity index is 349. The average molecular weight is 334 g/mol. The molecular formula is C14H24BrNOS. The van der Waals surface area contributed by atoms with E-state index in [0.29, 0.717) is 6.04 Å². The van der Waals surface area contributed by atoms with Crippen LogP contribution in [0, 0.1) is 0 Å². The van der Waals surface area contributed by atoms with Crippen LogP contribution in [-0.4, -0.2) is 25.3 Å². The van der Waals surface area contributed by atoms with E-state index in [1.807, 2.05) is 7.05 Å². The molecule has 0 spiro atoms. The third kappa shape index (κ3) is 3.80. The highest BCUT2D eigenvalue weighted by atomic mass is 79.9. The summed E-state index contributed by atoms with van der Waals surface area (Å²) in [4.78, 5) is 1.40. The van der Waals surface area contributed by atoms with Gasteiger partial charge in [0.2, 0.25) is 0 Å². The van der Waals surface area contributed by atoms with Crippen LogP contribution in [0.2, 0.25) is 0 Å². The minimum atomic E-state index is -0.0556. The lowest BCUT2D eigenvalue weighted by Crippen LogP contribution is -2.52. The second kappa shape index (κ2) is 7.63. The van der Waals surface area contributed by atoms with E-state index in [-0.39, 0.29) is 5.60 Å². The van der Waals surface area contributed by atoms with Crippen LogP contribution in [0.4, 0.5) is 0 Å². The molecule has 1 heterocycles. The number of nitrogens with one attached hydrogen (secondary N) is 1. The Balaban J connectivity index is 2.84. The molecular weight excluding hydrogens is 310 g/mol. The van der Waals surface area contributed by atoms with Crippen LogP contribution in [0.3, 0.4) is 0 Å². The van der Waals surface area contributed by atoms with Crippen molar-refractivity contribution >= 4 is 27.3 Å². The Labute approximate surface area is 123 Å². The third-order valence-electron chi connectivity index (χ3n) is 3.64. The van der Waals surface area contributed by atoms with Crippen molar-refractivity contribution in [2.75, 3.05) is 13.7 Å². The number of halogens is 1. The lowest BCUT2D eigenvalue weighted by molar-refractivity contribution is -0.0702. The number of hydrogen-bond acceptors (Lipinski definition) is 3. The molecule has 0 bridgehead atoms. The first-order valence-corrected chi connectivity index (χ1v) is 8.33. The van der Waals surface area contributed by atoms with E-state index < -0.39 is 0 Å². The zero-order valence-electron chi connectivity index (χ0n) is 11.8. The lowest BCUT2D eigenvalue weighted by atomic mass is 9.86. The molecule has 0 saturated heterocycles. The molecule has 1 rings (SSSR count). The normalized spacial score (nSPS) is 13.8. The molecule has 1 N–H and O–H groups in total. The number of hydrogen-bond donors (Lipinski definition) is 1. The van der Waals surface area contributed by atoms with E-state index in [0.717, 1.165) is 25.9 Å². The lowest BCUT2D eigenvalue weighted by Gasteiger charge is -2.39. The number of ether oxygens (including phenoxy) is 1. The van der Waals surface area contributed by atoms with E-state index in [2.05, 4.69) is 53.5 Å². The summed E-state index contributed by atoms with van der Waals surface area (Å²) in [5.41, 5.74) is -0.0556. The van der Waals surface area contributed by atoms with Gasteiger partial charge in [-0.2, -0.15) is 0 Å². The van der Waals surface area contributed by atoms with E-state index in [4.69, 9.17) is 4.74 Å². The molecule has 0 saturated carbocycles. The SMILES string of the molecule is CCOC(CC)(CC)C(Cc1cc(Br)cs1)NC. The van der Waals surface area contributed by atoms with E-state index in [1.54, 1.807) is 11.3 Å². The number of thiophene rings is 1. The van der Waals surface area contributed by atoms with Gasteiger partial charge in [0.25, 0.3) is 0 Å². The number of rotatable bonds is 8. The summed E-state index contributed by atoms with van der Waals surface area (Å²) >= 11 is 5.32. The second-order valence-electron chi connectivity index (χ2n) is 4.48. The molecule has 1 unspecified atom stereocenters. The molecule has 18 heavy (non-hydrogen) atoms. The Morgan fingerprint density at radius 2 is 2.06 bits per heavy atom. The van der Waals surface area contributed by atoms with Gasteiger partial charge in [-0.1, -0.05) is 13.8 Å². The second-order valence-corrected chi connectivity index (χ2v) is 6.39. The van der Waals surface area contributed by atoms with Crippen LogP contribution in [-0.2, 0) is 11.2 Å². The summed E-state index contributed by atoms with van der Waals surface area (Å²) < 4.78 is 7.26. The van der Waals surface area contributed by atoms with Gasteiger partial charge >= 0.3 is 0 Å². The molecule has 0 fully saturated rings. The first-order chi connectivity index (χ1) is 8.61. The van der Waals surface area contributed by atoms with Gasteiger partial charge in [0.15, 0.2) is 0 Å². The summed E-state index contributed by atoms with van der Waals surface area (Å²) in [5, 5.41) is 5.59. The largest absolute Gasteiger partial charge is 0.374 e. The van der Waals surface area contributed by atoms with Crippen molar-refractivity contribution in [3.05, 3.63) is 20.8 Å². The van der Waals surface area contributed by atoms with Gasteiger partial charge in [0.05, 0.1) is 5.60 Å². The molecule has 104 valence electrons. The maximum Gasteiger partial charge on any atom is 0.0832 e. The van der Waals surface area contributed by atoms with E-state index >= 15 is 0 Å². The molecule has 0 aliphatic heterocycles. The molecule has 2 nitrogen and oxygen atoms in total. The van der Waals surface area contributed by atoms with Crippen molar-refractivity contribution in [3.63, 3.8) is 0 Å². The monoisotopic (exact) mass is 333 g/mol. The average Bonchev–Trinajstić information content (AvgIpc) is 2.79. The smallest absolute Gasteiger partial charge is 0.0832 e. The van der Waals surface area contributed by atoms with Crippen LogP contribution in [0.25, 0.3) is 0 Å². The van der Waals surface area contributed by atoms with Gasteiger partial charge in [-0.15, -0.1) is 11.3 Å². The summed E-state index contributed by atoms with van der Waals surface area (Å²) in [6.45, 7) is 7.28. The van der Waals surface area contributed by atoms with Gasteiger partial charge in [-0.3, -0.25) is 0 Å². The summed E-state index contributed by atoms with van der Waals surface area (Å²) in [7, 11) is 2.03. The first-order valence-electron chi connectivity index (χ1n) is 6.66. The summed E-state index contributed by atoms with van der Waals surface area (Å²) in [5.74, 6) is 0. The zero-order valence-corrected chi connectivity index (χ0v) is 14.2. The van der Waals surface area contributed by atoms with Crippen molar-refractivity contribution < 1.29 is 4.74 Å². The predicted molar refractivity (Wildman–Crippen MR) is 83.5 cm³/mol. The molecule has 1 atom stereocenters. The van der Waals surface area contributed by atoms with Gasteiger partial charge in [0.1, 0.15) is 0 Å². The molecule has 1 aromatic heterocycles. The molecule has 0 radical (unpaired) electrons. The van der Waals surface area contributed by atoms with Crippen LogP contribution in [0.1, 0.15) is 38.5 Å². The van der Waals surface area contributed by atoms with Crippen LogP contribution >= 0.6 is 27.3 Å². The van der Waals surface area contributed by atoms with Crippen molar-refractivity contribution in [1.29, 1.82) is 0 Å². The highest BCUT2D eigenvalue weighted by Gasteiger charge is 2.35. The van der Waals surface area contributed by atoms with Crippen LogP contribution in [0.5, 0.6) is 0 Å². The Morgan fingerprint density at radius 1 is 1.39 bits per heavy atom. The van der Waals surface area contributed by atoms with Gasteiger partial charge in [-0.25, -0.2) is 0 Å². The molecule has 0 aliphatic rings. The van der Waals surface area contributed by atoms with Crippen LogP contribution in [0.15, 0.2) is 15.9 Å². The first kappa shape index (κ1) is 16.2. The van der Waals surface area contributed by atoms with E-state index in [1.165, 1.54) is 9.35 Å². The topological polar surface area (TPSA) is 21.3 Å². The van der Waals surface area contributed by atoms with Crippen molar-refractivity contribution in [2.45, 2.75) is 51.7 Å². The fourth-order valence-electron chi connectivity index (χ4n) is 2.55. The minimum absolute atomic E-state index is 0.0556. The van der Waals surface area contributed by atoms with E-state index in [9.17, 15) is 0 Å². The molecule has 0 amide bonds. The van der Waals surface area contributed by atoms with Crippen molar-refractivity contribution in [2.24, 2.45) is 0 Å². The standard InChI is InChI=1S/C14H24BrNOS/c1-5-14(6-2,17-7-3)13(16-4)9-12-8-11(15)10-18-12/h8,10,13,16H,5-7,9H2,1-4H3. The Hall–Kier alpha value is 0.1000. The maximum absolute atomic E-state index is 6.09. The fourth-order valence-corrected chi connectivity index (χ4v) is 4.05.